The zero-order valence-corrected chi connectivity index (χ0v) is 14.8. The Bertz CT molecular complexity index is 635. The van der Waals surface area contributed by atoms with Gasteiger partial charge in [0.1, 0.15) is 5.75 Å². The van der Waals surface area contributed by atoms with Gasteiger partial charge in [-0.15, -0.1) is 0 Å². The number of nitrogens with two attached hydrogens (primary N) is 1. The van der Waals surface area contributed by atoms with Crippen molar-refractivity contribution in [1.29, 1.82) is 0 Å². The summed E-state index contributed by atoms with van der Waals surface area (Å²) < 4.78 is 35.0. The summed E-state index contributed by atoms with van der Waals surface area (Å²) in [6, 6.07) is 7.03. The van der Waals surface area contributed by atoms with Crippen molar-refractivity contribution in [3.8, 4) is 5.75 Å². The van der Waals surface area contributed by atoms with Crippen LogP contribution in [0.1, 0.15) is 36.5 Å². The van der Waals surface area contributed by atoms with Crippen LogP contribution >= 0.6 is 0 Å². The van der Waals surface area contributed by atoms with Gasteiger partial charge >= 0.3 is 0 Å². The number of hydrogen-bond donors (Lipinski definition) is 1. The van der Waals surface area contributed by atoms with Crippen molar-refractivity contribution in [2.24, 2.45) is 11.7 Å². The van der Waals surface area contributed by atoms with Gasteiger partial charge < -0.3 is 15.2 Å². The van der Waals surface area contributed by atoms with Gasteiger partial charge in [-0.25, -0.2) is 8.42 Å². The monoisotopic (exact) mass is 355 g/mol. The van der Waals surface area contributed by atoms with Crippen molar-refractivity contribution in [2.45, 2.75) is 30.9 Å². The highest BCUT2D eigenvalue weighted by molar-refractivity contribution is 7.90. The number of benzene rings is 1. The van der Waals surface area contributed by atoms with Crippen LogP contribution in [0.25, 0.3) is 0 Å². The van der Waals surface area contributed by atoms with E-state index >= 15 is 0 Å². The lowest BCUT2D eigenvalue weighted by Gasteiger charge is -2.22. The van der Waals surface area contributed by atoms with Crippen molar-refractivity contribution >= 4 is 15.7 Å². The average Bonchev–Trinajstić information content (AvgIpc) is 2.53. The Morgan fingerprint density at radius 2 is 1.92 bits per heavy atom. The van der Waals surface area contributed by atoms with Gasteiger partial charge in [-0.1, -0.05) is 12.1 Å². The van der Waals surface area contributed by atoms with Crippen LogP contribution in [0.3, 0.4) is 0 Å². The Hall–Kier alpha value is -1.60. The van der Waals surface area contributed by atoms with E-state index in [1.807, 2.05) is 0 Å². The first kappa shape index (κ1) is 18.7. The molecule has 1 fully saturated rings. The number of sulfone groups is 1. The average molecular weight is 355 g/mol. The lowest BCUT2D eigenvalue weighted by atomic mass is 10.0. The van der Waals surface area contributed by atoms with Crippen LogP contribution in [-0.4, -0.2) is 40.4 Å². The Balaban J connectivity index is 1.98. The lowest BCUT2D eigenvalue weighted by molar-refractivity contribution is -0.118. The Labute approximate surface area is 143 Å². The fraction of sp³-hybridized carbons (Fsp3) is 0.588. The summed E-state index contributed by atoms with van der Waals surface area (Å²) in [5.74, 6) is 0.713. The van der Waals surface area contributed by atoms with E-state index in [-0.39, 0.29) is 12.8 Å². The minimum Gasteiger partial charge on any atom is -0.493 e. The van der Waals surface area contributed by atoms with E-state index in [0.717, 1.165) is 26.1 Å². The van der Waals surface area contributed by atoms with Gasteiger partial charge in [-0.2, -0.15) is 0 Å². The third-order valence-corrected chi connectivity index (χ3v) is 5.79. The second-order valence-electron chi connectivity index (χ2n) is 6.26. The molecule has 0 aliphatic carbocycles. The predicted octanol–water partition coefficient (Wildman–Crippen LogP) is 1.84. The van der Waals surface area contributed by atoms with Gasteiger partial charge in [-0.05, 0) is 42.9 Å². The van der Waals surface area contributed by atoms with Crippen molar-refractivity contribution in [2.75, 3.05) is 26.1 Å². The third-order valence-electron chi connectivity index (χ3n) is 4.25. The maximum atomic E-state index is 12.0. The van der Waals surface area contributed by atoms with Crippen LogP contribution in [0.2, 0.25) is 0 Å². The molecule has 24 heavy (non-hydrogen) atoms. The van der Waals surface area contributed by atoms with E-state index in [2.05, 4.69) is 0 Å². The van der Waals surface area contributed by atoms with E-state index in [4.69, 9.17) is 15.2 Å². The van der Waals surface area contributed by atoms with E-state index in [1.165, 1.54) is 6.26 Å². The van der Waals surface area contributed by atoms with E-state index < -0.39 is 21.0 Å². The molecule has 0 aromatic heterocycles. The molecule has 2 N–H and O–H groups in total. The molecule has 1 atom stereocenters. The van der Waals surface area contributed by atoms with Crippen molar-refractivity contribution in [1.82, 2.24) is 0 Å². The molecule has 0 radical (unpaired) electrons. The molecule has 1 amide bonds. The minimum atomic E-state index is -3.32. The quantitative estimate of drug-likeness (QED) is 0.768. The van der Waals surface area contributed by atoms with Crippen LogP contribution in [0.4, 0.5) is 0 Å². The second-order valence-corrected chi connectivity index (χ2v) is 8.49. The molecule has 0 saturated carbocycles. The van der Waals surface area contributed by atoms with Crippen LogP contribution in [0, 0.1) is 5.92 Å². The van der Waals surface area contributed by atoms with Crippen molar-refractivity contribution in [3.05, 3.63) is 29.8 Å². The normalized spacial score (nSPS) is 17.4. The number of carbonyl (C=O) groups excluding carboxylic acids is 1. The maximum Gasteiger partial charge on any atom is 0.217 e. The maximum absolute atomic E-state index is 12.0. The number of amides is 1. The fourth-order valence-electron chi connectivity index (χ4n) is 2.81. The molecule has 1 aromatic carbocycles. The first-order valence-electron chi connectivity index (χ1n) is 8.14. The highest BCUT2D eigenvalue weighted by Crippen LogP contribution is 2.28. The highest BCUT2D eigenvalue weighted by Gasteiger charge is 2.23. The molecule has 0 bridgehead atoms. The summed E-state index contributed by atoms with van der Waals surface area (Å²) in [5.41, 5.74) is 5.78. The summed E-state index contributed by atoms with van der Waals surface area (Å²) in [6.07, 6.45) is 3.41. The third kappa shape index (κ3) is 5.79. The molecule has 1 saturated heterocycles. The number of ether oxygens (including phenoxy) is 2. The molecule has 1 unspecified atom stereocenters. The topological polar surface area (TPSA) is 95.7 Å². The number of rotatable bonds is 8. The molecule has 7 heteroatoms. The van der Waals surface area contributed by atoms with Crippen molar-refractivity contribution in [3.63, 3.8) is 0 Å². The summed E-state index contributed by atoms with van der Waals surface area (Å²) in [6.45, 7) is 2.20. The van der Waals surface area contributed by atoms with E-state index in [1.54, 1.807) is 24.3 Å². The Morgan fingerprint density at radius 3 is 2.46 bits per heavy atom. The molecule has 1 aromatic rings. The first-order chi connectivity index (χ1) is 11.4. The van der Waals surface area contributed by atoms with E-state index in [9.17, 15) is 13.2 Å². The summed E-state index contributed by atoms with van der Waals surface area (Å²) in [7, 11) is -3.32. The molecule has 6 nitrogen and oxygen atoms in total. The summed E-state index contributed by atoms with van der Waals surface area (Å²) in [4.78, 5) is 11.0. The van der Waals surface area contributed by atoms with Crippen molar-refractivity contribution < 1.29 is 22.7 Å². The zero-order valence-electron chi connectivity index (χ0n) is 13.9. The number of carbonyl (C=O) groups is 1. The Morgan fingerprint density at radius 1 is 1.29 bits per heavy atom. The highest BCUT2D eigenvalue weighted by atomic mass is 32.2. The molecular formula is C17H25NO5S. The van der Waals surface area contributed by atoms with Gasteiger partial charge in [0.15, 0.2) is 9.84 Å². The van der Waals surface area contributed by atoms with Gasteiger partial charge in [-0.3, -0.25) is 4.79 Å². The number of hydrogen-bond acceptors (Lipinski definition) is 5. The molecule has 2 rings (SSSR count). The first-order valence-corrected chi connectivity index (χ1v) is 10.1. The minimum absolute atomic E-state index is 0.0414. The number of primary amides is 1. The molecule has 134 valence electrons. The molecule has 1 heterocycles. The van der Waals surface area contributed by atoms with E-state index in [0.29, 0.717) is 23.8 Å². The molecular weight excluding hydrogens is 330 g/mol. The van der Waals surface area contributed by atoms with Gasteiger partial charge in [0.25, 0.3) is 0 Å². The Kier molecular flexibility index (Phi) is 6.62. The van der Waals surface area contributed by atoms with Gasteiger partial charge in [0, 0.05) is 25.9 Å². The molecule has 1 aliphatic heterocycles. The largest absolute Gasteiger partial charge is 0.493 e. The SMILES string of the molecule is CS(=O)(=O)C(CCC(N)=O)c1ccc(OCC2CCOCC2)cc1. The van der Waals surface area contributed by atoms with Crippen LogP contribution < -0.4 is 10.5 Å². The zero-order chi connectivity index (χ0) is 17.6. The van der Waals surface area contributed by atoms with Crippen LogP contribution in [0.15, 0.2) is 24.3 Å². The smallest absolute Gasteiger partial charge is 0.217 e. The van der Waals surface area contributed by atoms with Gasteiger partial charge in [0.05, 0.1) is 11.9 Å². The predicted molar refractivity (Wildman–Crippen MR) is 91.5 cm³/mol. The molecule has 0 spiro atoms. The molecule has 1 aliphatic rings. The standard InChI is InChI=1S/C17H25NO5S/c1-24(20,21)16(6-7-17(18)19)14-2-4-15(5-3-14)23-12-13-8-10-22-11-9-13/h2-5,13,16H,6-12H2,1H3,(H2,18,19). The summed E-state index contributed by atoms with van der Waals surface area (Å²) >= 11 is 0. The van der Waals surface area contributed by atoms with Crippen LogP contribution in [-0.2, 0) is 19.4 Å². The lowest BCUT2D eigenvalue weighted by Crippen LogP contribution is -2.21. The van der Waals surface area contributed by atoms with Gasteiger partial charge in [0.2, 0.25) is 5.91 Å². The second kappa shape index (κ2) is 8.48. The summed E-state index contributed by atoms with van der Waals surface area (Å²) in [5, 5.41) is -0.727. The fourth-order valence-corrected chi connectivity index (χ4v) is 4.00. The van der Waals surface area contributed by atoms with Crippen LogP contribution in [0.5, 0.6) is 5.75 Å².